The average Bonchev–Trinajstić information content (AvgIpc) is 2.99. The highest BCUT2D eigenvalue weighted by Crippen LogP contribution is 2.39. The van der Waals surface area contributed by atoms with Gasteiger partial charge in [0.2, 0.25) is 5.91 Å². The summed E-state index contributed by atoms with van der Waals surface area (Å²) in [5, 5.41) is 2.94. The Hall–Kier alpha value is -3.08. The standard InChI is InChI=1S/C25H27F3N4O3S/c1-24(2)22(34)32(18-8-10-19(11-9-18)36-25(26,27)28)23(35)31(24)15-17-12-13-29-14-20(17)30-21(33)16-6-4-3-5-7-16/h8-14,16H,3-7,15H2,1-2H3,(H,30,33). The molecular formula is C25H27F3N4O3S. The fraction of sp³-hybridized carbons (Fsp3) is 0.440. The lowest BCUT2D eigenvalue weighted by atomic mass is 9.88. The van der Waals surface area contributed by atoms with Crippen LogP contribution in [0.4, 0.5) is 29.3 Å². The Morgan fingerprint density at radius 3 is 2.42 bits per heavy atom. The van der Waals surface area contributed by atoms with E-state index in [0.717, 1.165) is 37.0 Å². The topological polar surface area (TPSA) is 82.6 Å². The van der Waals surface area contributed by atoms with Gasteiger partial charge in [-0.2, -0.15) is 13.2 Å². The lowest BCUT2D eigenvalue weighted by molar-refractivity contribution is -0.123. The van der Waals surface area contributed by atoms with Gasteiger partial charge in [0.15, 0.2) is 0 Å². The molecular weight excluding hydrogens is 493 g/mol. The fourth-order valence-electron chi connectivity index (χ4n) is 4.57. The van der Waals surface area contributed by atoms with Gasteiger partial charge in [-0.15, -0.1) is 0 Å². The Bertz CT molecular complexity index is 1150. The molecule has 2 fully saturated rings. The predicted molar refractivity (Wildman–Crippen MR) is 130 cm³/mol. The van der Waals surface area contributed by atoms with E-state index in [1.54, 1.807) is 26.1 Å². The third kappa shape index (κ3) is 5.50. The Kier molecular flexibility index (Phi) is 7.31. The van der Waals surface area contributed by atoms with Gasteiger partial charge in [-0.3, -0.25) is 14.6 Å². The molecule has 0 atom stereocenters. The van der Waals surface area contributed by atoms with E-state index in [4.69, 9.17) is 0 Å². The molecule has 11 heteroatoms. The minimum Gasteiger partial charge on any atom is -0.324 e. The van der Waals surface area contributed by atoms with E-state index in [1.165, 1.54) is 35.4 Å². The van der Waals surface area contributed by atoms with E-state index < -0.39 is 23.0 Å². The van der Waals surface area contributed by atoms with Crippen molar-refractivity contribution in [1.82, 2.24) is 9.88 Å². The highest BCUT2D eigenvalue weighted by molar-refractivity contribution is 8.00. The third-order valence-electron chi connectivity index (χ3n) is 6.63. The maximum atomic E-state index is 13.4. The largest absolute Gasteiger partial charge is 0.446 e. The quantitative estimate of drug-likeness (QED) is 0.375. The smallest absolute Gasteiger partial charge is 0.324 e. The third-order valence-corrected chi connectivity index (χ3v) is 7.36. The summed E-state index contributed by atoms with van der Waals surface area (Å²) in [4.78, 5) is 45.8. The number of rotatable bonds is 6. The molecule has 2 aliphatic rings. The molecule has 0 unspecified atom stereocenters. The molecule has 2 aromatic rings. The molecule has 1 aliphatic carbocycles. The van der Waals surface area contributed by atoms with Crippen molar-refractivity contribution in [2.75, 3.05) is 10.2 Å². The maximum Gasteiger partial charge on any atom is 0.446 e. The van der Waals surface area contributed by atoms with Crippen molar-refractivity contribution in [2.45, 2.75) is 68.4 Å². The van der Waals surface area contributed by atoms with E-state index in [-0.39, 0.29) is 40.7 Å². The van der Waals surface area contributed by atoms with Crippen molar-refractivity contribution in [3.05, 3.63) is 48.3 Å². The summed E-state index contributed by atoms with van der Waals surface area (Å²) in [5.74, 6) is -0.636. The highest BCUT2D eigenvalue weighted by Gasteiger charge is 2.52. The molecule has 1 N–H and O–H groups in total. The zero-order valence-electron chi connectivity index (χ0n) is 20.0. The highest BCUT2D eigenvalue weighted by atomic mass is 32.2. The number of anilines is 2. The number of urea groups is 1. The molecule has 36 heavy (non-hydrogen) atoms. The average molecular weight is 521 g/mol. The second kappa shape index (κ2) is 10.1. The summed E-state index contributed by atoms with van der Waals surface area (Å²) in [6.45, 7) is 3.27. The minimum absolute atomic E-state index is 0.0406. The number of benzene rings is 1. The number of hydrogen-bond donors (Lipinski definition) is 1. The van der Waals surface area contributed by atoms with Gasteiger partial charge in [0, 0.05) is 17.0 Å². The van der Waals surface area contributed by atoms with Crippen LogP contribution in [0.3, 0.4) is 0 Å². The van der Waals surface area contributed by atoms with Crippen molar-refractivity contribution in [3.8, 4) is 0 Å². The number of carbonyl (C=O) groups is 3. The van der Waals surface area contributed by atoms with Crippen LogP contribution in [0.1, 0.15) is 51.5 Å². The van der Waals surface area contributed by atoms with E-state index in [9.17, 15) is 27.6 Å². The number of amides is 4. The van der Waals surface area contributed by atoms with Gasteiger partial charge in [-0.1, -0.05) is 19.3 Å². The summed E-state index contributed by atoms with van der Waals surface area (Å²) in [7, 11) is 0. The Morgan fingerprint density at radius 1 is 1.11 bits per heavy atom. The Labute approximate surface area is 211 Å². The van der Waals surface area contributed by atoms with Crippen molar-refractivity contribution in [1.29, 1.82) is 0 Å². The van der Waals surface area contributed by atoms with Crippen LogP contribution in [0.2, 0.25) is 0 Å². The van der Waals surface area contributed by atoms with E-state index in [1.807, 2.05) is 0 Å². The number of alkyl halides is 3. The lowest BCUT2D eigenvalue weighted by Crippen LogP contribution is -2.43. The summed E-state index contributed by atoms with van der Waals surface area (Å²) in [5.41, 5.74) is -4.36. The summed E-state index contributed by atoms with van der Waals surface area (Å²) in [6, 6.07) is 6.20. The molecule has 192 valence electrons. The first kappa shape index (κ1) is 26.0. The molecule has 4 amide bonds. The SMILES string of the molecule is CC1(C)C(=O)N(c2ccc(SC(F)(F)F)cc2)C(=O)N1Cc1ccncc1NC(=O)C1CCCCC1. The van der Waals surface area contributed by atoms with Gasteiger partial charge in [-0.05, 0) is 74.3 Å². The molecule has 1 saturated carbocycles. The number of imide groups is 1. The van der Waals surface area contributed by atoms with Crippen LogP contribution >= 0.6 is 11.8 Å². The second-order valence-corrected chi connectivity index (χ2v) is 10.6. The first-order chi connectivity index (χ1) is 17.0. The van der Waals surface area contributed by atoms with Gasteiger partial charge < -0.3 is 10.2 Å². The van der Waals surface area contributed by atoms with Crippen LogP contribution in [0.15, 0.2) is 47.6 Å². The zero-order chi connectivity index (χ0) is 26.1. The summed E-state index contributed by atoms with van der Waals surface area (Å²) < 4.78 is 38.0. The second-order valence-electron chi connectivity index (χ2n) is 9.47. The number of thioether (sulfide) groups is 1. The van der Waals surface area contributed by atoms with Gasteiger partial charge in [-0.25, -0.2) is 9.69 Å². The predicted octanol–water partition coefficient (Wildman–Crippen LogP) is 5.96. The number of nitrogens with zero attached hydrogens (tertiary/aromatic N) is 3. The molecule has 1 aliphatic heterocycles. The maximum absolute atomic E-state index is 13.4. The number of hydrogen-bond acceptors (Lipinski definition) is 5. The Balaban J connectivity index is 1.54. The zero-order valence-corrected chi connectivity index (χ0v) is 20.8. The van der Waals surface area contributed by atoms with Crippen molar-refractivity contribution < 1.29 is 27.6 Å². The molecule has 1 aromatic heterocycles. The van der Waals surface area contributed by atoms with E-state index in [0.29, 0.717) is 11.3 Å². The van der Waals surface area contributed by atoms with Gasteiger partial charge in [0.05, 0.1) is 24.1 Å². The molecule has 0 radical (unpaired) electrons. The first-order valence-corrected chi connectivity index (χ1v) is 12.5. The van der Waals surface area contributed by atoms with Crippen LogP contribution in [0.25, 0.3) is 0 Å². The van der Waals surface area contributed by atoms with E-state index >= 15 is 0 Å². The Morgan fingerprint density at radius 2 is 1.78 bits per heavy atom. The van der Waals surface area contributed by atoms with Crippen molar-refractivity contribution in [2.24, 2.45) is 5.92 Å². The van der Waals surface area contributed by atoms with Gasteiger partial charge in [0.25, 0.3) is 5.91 Å². The normalized spacial score (nSPS) is 18.6. The molecule has 4 rings (SSSR count). The van der Waals surface area contributed by atoms with Crippen molar-refractivity contribution >= 4 is 41.0 Å². The van der Waals surface area contributed by atoms with Crippen LogP contribution in [-0.2, 0) is 16.1 Å². The summed E-state index contributed by atoms with van der Waals surface area (Å²) in [6.07, 6.45) is 7.91. The molecule has 2 heterocycles. The molecule has 1 saturated heterocycles. The molecule has 7 nitrogen and oxygen atoms in total. The fourth-order valence-corrected chi connectivity index (χ4v) is 5.11. The summed E-state index contributed by atoms with van der Waals surface area (Å²) >= 11 is -0.267. The minimum atomic E-state index is -4.44. The van der Waals surface area contributed by atoms with Gasteiger partial charge >= 0.3 is 11.5 Å². The number of carbonyl (C=O) groups excluding carboxylic acids is 3. The van der Waals surface area contributed by atoms with E-state index in [2.05, 4.69) is 10.3 Å². The molecule has 1 aromatic carbocycles. The molecule has 0 bridgehead atoms. The number of halogens is 3. The number of aromatic nitrogens is 1. The monoisotopic (exact) mass is 520 g/mol. The van der Waals surface area contributed by atoms with Crippen LogP contribution in [-0.4, -0.2) is 38.8 Å². The van der Waals surface area contributed by atoms with Crippen LogP contribution < -0.4 is 10.2 Å². The number of pyridine rings is 1. The lowest BCUT2D eigenvalue weighted by Gasteiger charge is -2.28. The van der Waals surface area contributed by atoms with Crippen LogP contribution in [0, 0.1) is 5.92 Å². The van der Waals surface area contributed by atoms with Crippen LogP contribution in [0.5, 0.6) is 0 Å². The first-order valence-electron chi connectivity index (χ1n) is 11.7. The van der Waals surface area contributed by atoms with Crippen molar-refractivity contribution in [3.63, 3.8) is 0 Å². The van der Waals surface area contributed by atoms with Gasteiger partial charge in [0.1, 0.15) is 5.54 Å². The molecule has 0 spiro atoms. The number of nitrogens with one attached hydrogen (secondary N) is 1.